The Bertz CT molecular complexity index is 518. The number of benzene rings is 1. The number of nitrogens with one attached hydrogen (secondary N) is 1. The standard InChI is InChI=1S/C14H18N4O/c19-14-6-4-11(5-7-14)17-12-2-1-3-13(8-12)18-9-15-16-10-18/h1-3,8-11,14,17,19H,4-7H2. The van der Waals surface area contributed by atoms with E-state index in [1.807, 2.05) is 16.7 Å². The Balaban J connectivity index is 1.70. The van der Waals surface area contributed by atoms with Crippen LogP contribution in [0.1, 0.15) is 25.7 Å². The molecule has 1 aromatic carbocycles. The van der Waals surface area contributed by atoms with Gasteiger partial charge in [0.1, 0.15) is 12.7 Å². The van der Waals surface area contributed by atoms with Crippen LogP contribution < -0.4 is 5.32 Å². The predicted octanol–water partition coefficient (Wildman–Crippen LogP) is 1.98. The minimum atomic E-state index is -0.110. The van der Waals surface area contributed by atoms with Crippen LogP contribution in [0, 0.1) is 0 Å². The highest BCUT2D eigenvalue weighted by molar-refractivity contribution is 5.51. The Labute approximate surface area is 112 Å². The van der Waals surface area contributed by atoms with E-state index in [4.69, 9.17) is 0 Å². The SMILES string of the molecule is OC1CCC(Nc2cccc(-n3cnnc3)c2)CC1. The van der Waals surface area contributed by atoms with Gasteiger partial charge in [0.2, 0.25) is 0 Å². The third kappa shape index (κ3) is 2.93. The maximum atomic E-state index is 9.52. The number of aromatic nitrogens is 3. The summed E-state index contributed by atoms with van der Waals surface area (Å²) in [5.74, 6) is 0. The Kier molecular flexibility index (Phi) is 3.46. The summed E-state index contributed by atoms with van der Waals surface area (Å²) in [6.45, 7) is 0. The van der Waals surface area contributed by atoms with Gasteiger partial charge in [0.05, 0.1) is 11.8 Å². The Morgan fingerprint density at radius 1 is 1.11 bits per heavy atom. The Hall–Kier alpha value is -1.88. The summed E-state index contributed by atoms with van der Waals surface area (Å²) in [4.78, 5) is 0. The number of nitrogens with zero attached hydrogens (tertiary/aromatic N) is 3. The van der Waals surface area contributed by atoms with E-state index in [-0.39, 0.29) is 6.10 Å². The monoisotopic (exact) mass is 258 g/mol. The molecule has 0 atom stereocenters. The van der Waals surface area contributed by atoms with E-state index in [1.165, 1.54) is 0 Å². The van der Waals surface area contributed by atoms with Crippen molar-refractivity contribution >= 4 is 5.69 Å². The van der Waals surface area contributed by atoms with Gasteiger partial charge in [0.25, 0.3) is 0 Å². The molecule has 0 spiro atoms. The number of rotatable bonds is 3. The van der Waals surface area contributed by atoms with Gasteiger partial charge in [-0.3, -0.25) is 4.57 Å². The Morgan fingerprint density at radius 3 is 2.58 bits per heavy atom. The lowest BCUT2D eigenvalue weighted by atomic mass is 9.93. The third-order valence-electron chi connectivity index (χ3n) is 3.63. The molecule has 0 bridgehead atoms. The van der Waals surface area contributed by atoms with E-state index in [0.717, 1.165) is 37.1 Å². The molecule has 1 fully saturated rings. The van der Waals surface area contributed by atoms with Gasteiger partial charge < -0.3 is 10.4 Å². The van der Waals surface area contributed by atoms with Crippen LogP contribution in [0.2, 0.25) is 0 Å². The zero-order valence-corrected chi connectivity index (χ0v) is 10.7. The first-order chi connectivity index (χ1) is 9.31. The highest BCUT2D eigenvalue weighted by Crippen LogP contribution is 2.23. The molecule has 0 saturated heterocycles. The van der Waals surface area contributed by atoms with Crippen molar-refractivity contribution in [1.82, 2.24) is 14.8 Å². The lowest BCUT2D eigenvalue weighted by Crippen LogP contribution is -2.28. The molecule has 1 aromatic heterocycles. The first-order valence-corrected chi connectivity index (χ1v) is 6.71. The maximum absolute atomic E-state index is 9.52. The van der Waals surface area contributed by atoms with Gasteiger partial charge in [0, 0.05) is 11.7 Å². The van der Waals surface area contributed by atoms with E-state index in [1.54, 1.807) is 12.7 Å². The van der Waals surface area contributed by atoms with Crippen LogP contribution in [-0.4, -0.2) is 32.0 Å². The molecule has 100 valence electrons. The number of anilines is 1. The van der Waals surface area contributed by atoms with Gasteiger partial charge in [-0.1, -0.05) is 6.07 Å². The third-order valence-corrected chi connectivity index (χ3v) is 3.63. The van der Waals surface area contributed by atoms with Crippen LogP contribution >= 0.6 is 0 Å². The molecule has 1 aliphatic rings. The van der Waals surface area contributed by atoms with Crippen LogP contribution in [0.15, 0.2) is 36.9 Å². The van der Waals surface area contributed by atoms with Gasteiger partial charge >= 0.3 is 0 Å². The van der Waals surface area contributed by atoms with Crippen molar-refractivity contribution in [2.45, 2.75) is 37.8 Å². The van der Waals surface area contributed by atoms with Crippen molar-refractivity contribution in [2.24, 2.45) is 0 Å². The zero-order chi connectivity index (χ0) is 13.1. The van der Waals surface area contributed by atoms with E-state index in [2.05, 4.69) is 27.6 Å². The van der Waals surface area contributed by atoms with Crippen molar-refractivity contribution < 1.29 is 5.11 Å². The quantitative estimate of drug-likeness (QED) is 0.883. The fraction of sp³-hybridized carbons (Fsp3) is 0.429. The number of hydrogen-bond acceptors (Lipinski definition) is 4. The number of hydrogen-bond donors (Lipinski definition) is 2. The molecule has 0 aliphatic heterocycles. The van der Waals surface area contributed by atoms with Crippen molar-refractivity contribution in [2.75, 3.05) is 5.32 Å². The lowest BCUT2D eigenvalue weighted by Gasteiger charge is -2.27. The molecule has 1 heterocycles. The van der Waals surface area contributed by atoms with Crippen LogP contribution in [0.5, 0.6) is 0 Å². The maximum Gasteiger partial charge on any atom is 0.123 e. The highest BCUT2D eigenvalue weighted by Gasteiger charge is 2.18. The largest absolute Gasteiger partial charge is 0.393 e. The summed E-state index contributed by atoms with van der Waals surface area (Å²) < 4.78 is 1.88. The zero-order valence-electron chi connectivity index (χ0n) is 10.7. The van der Waals surface area contributed by atoms with Crippen molar-refractivity contribution in [3.8, 4) is 5.69 Å². The van der Waals surface area contributed by atoms with Crippen LogP contribution in [0.4, 0.5) is 5.69 Å². The van der Waals surface area contributed by atoms with Crippen LogP contribution in [-0.2, 0) is 0 Å². The second-order valence-corrected chi connectivity index (χ2v) is 5.07. The fourth-order valence-electron chi connectivity index (χ4n) is 2.55. The van der Waals surface area contributed by atoms with E-state index in [0.29, 0.717) is 6.04 Å². The smallest absolute Gasteiger partial charge is 0.123 e. The summed E-state index contributed by atoms with van der Waals surface area (Å²) in [6.07, 6.45) is 7.11. The molecule has 5 nitrogen and oxygen atoms in total. The average molecular weight is 258 g/mol. The molecule has 1 aliphatic carbocycles. The number of aliphatic hydroxyl groups excluding tert-OH is 1. The number of aliphatic hydroxyl groups is 1. The molecular weight excluding hydrogens is 240 g/mol. The predicted molar refractivity (Wildman–Crippen MR) is 73.2 cm³/mol. The summed E-state index contributed by atoms with van der Waals surface area (Å²) >= 11 is 0. The van der Waals surface area contributed by atoms with Gasteiger partial charge in [-0.05, 0) is 43.9 Å². The molecule has 19 heavy (non-hydrogen) atoms. The second kappa shape index (κ2) is 5.40. The molecule has 3 rings (SSSR count). The minimum absolute atomic E-state index is 0.110. The first kappa shape index (κ1) is 12.2. The second-order valence-electron chi connectivity index (χ2n) is 5.07. The summed E-state index contributed by atoms with van der Waals surface area (Å²) in [6, 6.07) is 8.67. The summed E-state index contributed by atoms with van der Waals surface area (Å²) in [7, 11) is 0. The van der Waals surface area contributed by atoms with Crippen LogP contribution in [0.3, 0.4) is 0 Å². The lowest BCUT2D eigenvalue weighted by molar-refractivity contribution is 0.126. The minimum Gasteiger partial charge on any atom is -0.393 e. The molecule has 2 aromatic rings. The molecule has 5 heteroatoms. The van der Waals surface area contributed by atoms with Gasteiger partial charge in [0.15, 0.2) is 0 Å². The van der Waals surface area contributed by atoms with Gasteiger partial charge in [-0.15, -0.1) is 10.2 Å². The van der Waals surface area contributed by atoms with E-state index >= 15 is 0 Å². The highest BCUT2D eigenvalue weighted by atomic mass is 16.3. The molecule has 0 radical (unpaired) electrons. The fourth-order valence-corrected chi connectivity index (χ4v) is 2.55. The average Bonchev–Trinajstić information content (AvgIpc) is 2.96. The molecule has 0 amide bonds. The van der Waals surface area contributed by atoms with E-state index < -0.39 is 0 Å². The van der Waals surface area contributed by atoms with Crippen molar-refractivity contribution in [3.63, 3.8) is 0 Å². The molecule has 2 N–H and O–H groups in total. The molecular formula is C14H18N4O. The van der Waals surface area contributed by atoms with Gasteiger partial charge in [-0.25, -0.2) is 0 Å². The summed E-state index contributed by atoms with van der Waals surface area (Å²) in [5, 5.41) is 20.7. The van der Waals surface area contributed by atoms with Gasteiger partial charge in [-0.2, -0.15) is 0 Å². The normalized spacial score (nSPS) is 23.2. The Morgan fingerprint density at radius 2 is 1.84 bits per heavy atom. The first-order valence-electron chi connectivity index (χ1n) is 6.71. The van der Waals surface area contributed by atoms with E-state index in [9.17, 15) is 5.11 Å². The van der Waals surface area contributed by atoms with Crippen molar-refractivity contribution in [1.29, 1.82) is 0 Å². The molecule has 1 saturated carbocycles. The van der Waals surface area contributed by atoms with Crippen LogP contribution in [0.25, 0.3) is 5.69 Å². The van der Waals surface area contributed by atoms with Crippen molar-refractivity contribution in [3.05, 3.63) is 36.9 Å². The summed E-state index contributed by atoms with van der Waals surface area (Å²) in [5.41, 5.74) is 2.15. The molecule has 0 unspecified atom stereocenters. The topological polar surface area (TPSA) is 63.0 Å².